The van der Waals surface area contributed by atoms with E-state index in [9.17, 15) is 37.6 Å². The van der Waals surface area contributed by atoms with E-state index in [0.717, 1.165) is 21.3 Å². The number of carboxylic acid groups (broad SMARTS) is 1. The van der Waals surface area contributed by atoms with E-state index < -0.39 is 51.3 Å². The van der Waals surface area contributed by atoms with Crippen molar-refractivity contribution in [2.75, 3.05) is 11.5 Å². The first-order chi connectivity index (χ1) is 16.6. The number of nitrogens with one attached hydrogen (secondary N) is 1. The van der Waals surface area contributed by atoms with Crippen molar-refractivity contribution in [3.05, 3.63) is 47.2 Å². The van der Waals surface area contributed by atoms with Gasteiger partial charge < -0.3 is 24.9 Å². The second-order valence-electron chi connectivity index (χ2n) is 7.39. The molecule has 2 amide bonds. The summed E-state index contributed by atoms with van der Waals surface area (Å²) in [6, 6.07) is 7.08. The van der Waals surface area contributed by atoms with Gasteiger partial charge in [0.1, 0.15) is 27.4 Å². The fraction of sp³-hybridized carbons (Fsp3) is 0.333. The molecule has 19 heteroatoms. The number of β-lactam (4-membered cyclic amide) rings is 1. The Morgan fingerprint density at radius 3 is 2.57 bits per heavy atom. The van der Waals surface area contributed by atoms with Crippen LogP contribution < -0.4 is 69.5 Å². The number of aromatic nitrogens is 4. The van der Waals surface area contributed by atoms with Crippen LogP contribution in [0.3, 0.4) is 0 Å². The largest absolute Gasteiger partial charge is 1.00 e. The maximum Gasteiger partial charge on any atom is 1.00 e. The van der Waals surface area contributed by atoms with Gasteiger partial charge in [-0.05, 0) is 21.6 Å². The predicted octanol–water partition coefficient (Wildman–Crippen LogP) is -8.59. The molecule has 2 aliphatic heterocycles. The molecule has 1 aromatic heterocycles. The summed E-state index contributed by atoms with van der Waals surface area (Å²) in [6.07, 6.45) is -1.50. The molecule has 37 heavy (non-hydrogen) atoms. The van der Waals surface area contributed by atoms with Gasteiger partial charge in [-0.25, -0.2) is 13.1 Å². The zero-order valence-corrected chi connectivity index (χ0v) is 26.0. The van der Waals surface area contributed by atoms with Gasteiger partial charge in [0.2, 0.25) is 5.16 Å². The van der Waals surface area contributed by atoms with Crippen LogP contribution in [0.2, 0.25) is 0 Å². The van der Waals surface area contributed by atoms with Crippen LogP contribution in [0.15, 0.2) is 46.8 Å². The Kier molecular flexibility index (Phi) is 11.7. The molecule has 4 rings (SSSR count). The third kappa shape index (κ3) is 7.36. The average Bonchev–Trinajstić information content (AvgIpc) is 3.25. The van der Waals surface area contributed by atoms with Crippen molar-refractivity contribution in [3.63, 3.8) is 0 Å². The van der Waals surface area contributed by atoms with Gasteiger partial charge in [-0.2, -0.15) is 0 Å². The summed E-state index contributed by atoms with van der Waals surface area (Å²) in [4.78, 5) is 38.0. The molecule has 1 saturated heterocycles. The molecule has 14 nitrogen and oxygen atoms in total. The molecule has 0 bridgehead atoms. The van der Waals surface area contributed by atoms with E-state index in [4.69, 9.17) is 0 Å². The number of carboxylic acids is 1. The van der Waals surface area contributed by atoms with Crippen LogP contribution in [0.1, 0.15) is 11.7 Å². The number of fused-ring (bicyclic) bond motifs is 1. The third-order valence-corrected chi connectivity index (χ3v) is 8.00. The molecule has 3 heterocycles. The minimum Gasteiger partial charge on any atom is -0.747 e. The molecule has 3 atom stereocenters. The number of aliphatic hydroxyl groups excluding tert-OH is 1. The molecular weight excluding hydrogens is 570 g/mol. The molecule has 2 aromatic rings. The molecule has 1 unspecified atom stereocenters. The number of tetrazole rings is 1. The number of hydrogen-bond donors (Lipinski definition) is 2. The molecule has 2 aliphatic rings. The molecule has 0 saturated carbocycles. The molecule has 0 aliphatic carbocycles. The van der Waals surface area contributed by atoms with Crippen LogP contribution in [-0.4, -0.2) is 83.9 Å². The Bertz CT molecular complexity index is 1310. The van der Waals surface area contributed by atoms with Crippen molar-refractivity contribution in [2.45, 2.75) is 28.6 Å². The Morgan fingerprint density at radius 1 is 1.27 bits per heavy atom. The van der Waals surface area contributed by atoms with Crippen molar-refractivity contribution in [1.29, 1.82) is 0 Å². The molecule has 186 valence electrons. The van der Waals surface area contributed by atoms with Crippen molar-refractivity contribution < 1.29 is 96.7 Å². The minimum absolute atomic E-state index is 0. The van der Waals surface area contributed by atoms with E-state index in [1.165, 1.54) is 11.8 Å². The number of benzene rings is 1. The number of carbonyl (C=O) groups is 3. The topological polar surface area (TPSA) is 211 Å². The summed E-state index contributed by atoms with van der Waals surface area (Å²) < 4.78 is 33.7. The number of carbonyl (C=O) groups excluding carboxylic acids is 3. The fourth-order valence-electron chi connectivity index (χ4n) is 3.48. The standard InChI is InChI=1S/C18H18N6O8S3.2Na/c25-13(9-4-2-1-3-5-9)14(26)19-11-15(27)24-12(17(28)29)10(6-33-16(11)24)7-34-18-20-21-22-23(18)8-35(30,31)32;;/h1-5,11,13,16,25H,6-8H2,(H,19,26)(H,28,29)(H,30,31,32);;/q;2*+1/p-2/t11-,13-,16?;;/m1../s1. The van der Waals surface area contributed by atoms with Crippen LogP contribution >= 0.6 is 23.5 Å². The maximum absolute atomic E-state index is 12.7. The van der Waals surface area contributed by atoms with Crippen LogP contribution in [0.5, 0.6) is 0 Å². The van der Waals surface area contributed by atoms with Crippen molar-refractivity contribution in [3.8, 4) is 0 Å². The van der Waals surface area contributed by atoms with E-state index in [2.05, 4.69) is 20.8 Å². The van der Waals surface area contributed by atoms with Crippen LogP contribution in [0.25, 0.3) is 0 Å². The summed E-state index contributed by atoms with van der Waals surface area (Å²) in [5.74, 6) is -3.95. The van der Waals surface area contributed by atoms with Crippen molar-refractivity contribution >= 4 is 51.4 Å². The second-order valence-corrected chi connectivity index (χ2v) is 10.8. The number of amides is 2. The monoisotopic (exact) mass is 586 g/mol. The molecular formula is C18H16N6Na2O8S3. The van der Waals surface area contributed by atoms with E-state index in [0.29, 0.717) is 11.1 Å². The van der Waals surface area contributed by atoms with E-state index in [1.807, 2.05) is 0 Å². The first kappa shape index (κ1) is 32.2. The Hall–Kier alpha value is -0.990. The normalized spacial score (nSPS) is 19.6. The number of hydrogen-bond acceptors (Lipinski definition) is 13. The SMILES string of the molecule is O=C([O-])C1=C(CSc2nnnn2CS(=O)(=O)[O-])CSC2[C@H](NC(=O)[C@H](O)c3ccccc3)C(=O)N12.[Na+].[Na+]. The van der Waals surface area contributed by atoms with E-state index in [-0.39, 0.29) is 81.5 Å². The average molecular weight is 587 g/mol. The molecule has 1 fully saturated rings. The predicted molar refractivity (Wildman–Crippen MR) is 117 cm³/mol. The van der Waals surface area contributed by atoms with E-state index in [1.54, 1.807) is 30.3 Å². The van der Waals surface area contributed by atoms with Crippen LogP contribution in [0, 0.1) is 0 Å². The Morgan fingerprint density at radius 2 is 1.95 bits per heavy atom. The summed E-state index contributed by atoms with van der Waals surface area (Å²) in [5, 5.41) is 34.2. The van der Waals surface area contributed by atoms with Gasteiger partial charge in [0, 0.05) is 11.5 Å². The minimum atomic E-state index is -4.66. The smallest absolute Gasteiger partial charge is 0.747 e. The first-order valence-corrected chi connectivity index (χ1v) is 13.4. The number of aliphatic carboxylic acids is 1. The van der Waals surface area contributed by atoms with Crippen molar-refractivity contribution in [1.82, 2.24) is 30.4 Å². The van der Waals surface area contributed by atoms with Gasteiger partial charge in [-0.15, -0.1) is 16.9 Å². The molecule has 0 spiro atoms. The summed E-state index contributed by atoms with van der Waals surface area (Å²) in [7, 11) is -4.66. The number of aliphatic hydroxyl groups is 1. The van der Waals surface area contributed by atoms with Crippen molar-refractivity contribution in [2.24, 2.45) is 0 Å². The molecule has 1 aromatic carbocycles. The van der Waals surface area contributed by atoms with Crippen LogP contribution in [0.4, 0.5) is 0 Å². The fourth-order valence-corrected chi connectivity index (χ4v) is 6.40. The zero-order chi connectivity index (χ0) is 25.3. The second kappa shape index (κ2) is 13.4. The third-order valence-electron chi connectivity index (χ3n) is 5.06. The maximum atomic E-state index is 12.7. The summed E-state index contributed by atoms with van der Waals surface area (Å²) in [6.45, 7) is 0. The first-order valence-electron chi connectivity index (χ1n) is 9.81. The molecule has 2 N–H and O–H groups in total. The van der Waals surface area contributed by atoms with Crippen LogP contribution in [-0.2, 0) is 30.4 Å². The van der Waals surface area contributed by atoms with Gasteiger partial charge in [0.15, 0.2) is 6.10 Å². The quantitative estimate of drug-likeness (QED) is 0.121. The van der Waals surface area contributed by atoms with Gasteiger partial charge in [-0.1, -0.05) is 42.1 Å². The summed E-state index contributed by atoms with van der Waals surface area (Å²) in [5.41, 5.74) is 0.265. The van der Waals surface area contributed by atoms with Gasteiger partial charge in [0.05, 0.1) is 11.7 Å². The van der Waals surface area contributed by atoms with E-state index >= 15 is 0 Å². The number of rotatable bonds is 9. The number of nitrogens with zero attached hydrogens (tertiary/aromatic N) is 5. The molecule has 0 radical (unpaired) electrons. The summed E-state index contributed by atoms with van der Waals surface area (Å²) >= 11 is 2.08. The Balaban J connectivity index is 0.00000241. The zero-order valence-electron chi connectivity index (χ0n) is 19.5. The van der Waals surface area contributed by atoms with Gasteiger partial charge in [0.25, 0.3) is 11.8 Å². The van der Waals surface area contributed by atoms with Gasteiger partial charge >= 0.3 is 59.1 Å². The van der Waals surface area contributed by atoms with Gasteiger partial charge in [-0.3, -0.25) is 14.5 Å². The Labute approximate surface area is 263 Å². The number of thioether (sulfide) groups is 2.